The van der Waals surface area contributed by atoms with Crippen LogP contribution in [0.2, 0.25) is 0 Å². The van der Waals surface area contributed by atoms with Gasteiger partial charge < -0.3 is 29.6 Å². The summed E-state index contributed by atoms with van der Waals surface area (Å²) in [5.74, 6) is 0.601. The van der Waals surface area contributed by atoms with Gasteiger partial charge in [0.1, 0.15) is 40.9 Å². The highest BCUT2D eigenvalue weighted by molar-refractivity contribution is 7.59. The van der Waals surface area contributed by atoms with Crippen molar-refractivity contribution in [3.8, 4) is 11.5 Å². The first kappa shape index (κ1) is 50.9. The topological polar surface area (TPSA) is 189 Å². The van der Waals surface area contributed by atoms with Gasteiger partial charge in [0.05, 0.1) is 10.5 Å². The number of carbonyl (C=O) groups is 5. The Morgan fingerprint density at radius 1 is 0.607 bits per heavy atom. The summed E-state index contributed by atoms with van der Waals surface area (Å²) in [5, 5.41) is 15.9. The van der Waals surface area contributed by atoms with Gasteiger partial charge >= 0.3 is 18.2 Å². The van der Waals surface area contributed by atoms with Crippen molar-refractivity contribution in [3.05, 3.63) is 135 Å². The molecule has 2 N–H and O–H groups in total. The molecule has 14 nitrogen and oxygen atoms in total. The van der Waals surface area contributed by atoms with Crippen LogP contribution >= 0.6 is 13.5 Å². The van der Waals surface area contributed by atoms with Crippen LogP contribution < -0.4 is 20.1 Å². The lowest BCUT2D eigenvalue weighted by molar-refractivity contribution is -0.384. The fraction of sp³-hybridized carbons (Fsp3) is 0.370. The molecule has 0 fully saturated rings. The van der Waals surface area contributed by atoms with Crippen molar-refractivity contribution in [1.29, 1.82) is 0 Å². The summed E-state index contributed by atoms with van der Waals surface area (Å²) in [4.78, 5) is 69.6. The van der Waals surface area contributed by atoms with Crippen molar-refractivity contribution in [3.63, 3.8) is 0 Å². The van der Waals surface area contributed by atoms with Gasteiger partial charge in [-0.25, -0.2) is 14.4 Å². The van der Waals surface area contributed by atoms with Gasteiger partial charge in [-0.15, -0.1) is 0 Å². The number of rotatable bonds is 18. The quantitative estimate of drug-likeness (QED) is 0.0319. The third-order valence-corrected chi connectivity index (χ3v) is 8.02. The Morgan fingerprint density at radius 3 is 1.48 bits per heavy atom. The number of nitrogens with one attached hydrogen (secondary N) is 2. The van der Waals surface area contributed by atoms with Crippen molar-refractivity contribution in [2.45, 2.75) is 97.9 Å². The summed E-state index contributed by atoms with van der Waals surface area (Å²) >= 11 is 0. The fourth-order valence-electron chi connectivity index (χ4n) is 5.22. The maximum Gasteiger partial charge on any atom is 0.407 e. The summed E-state index contributed by atoms with van der Waals surface area (Å²) in [6.45, 7) is 12.1. The van der Waals surface area contributed by atoms with Crippen molar-refractivity contribution in [2.24, 2.45) is 0 Å². The number of ether oxygens (including phenoxy) is 4. The van der Waals surface area contributed by atoms with E-state index in [0.29, 0.717) is 57.6 Å². The van der Waals surface area contributed by atoms with Crippen molar-refractivity contribution in [1.82, 2.24) is 10.6 Å². The number of benzene rings is 4. The first-order valence-corrected chi connectivity index (χ1v) is 19.6. The Labute approximate surface area is 365 Å². The first-order chi connectivity index (χ1) is 28.3. The van der Waals surface area contributed by atoms with E-state index in [9.17, 15) is 34.1 Å². The lowest BCUT2D eigenvalue weighted by Gasteiger charge is -2.19. The molecule has 0 atom stereocenters. The lowest BCUT2D eigenvalue weighted by atomic mass is 10.1. The maximum atomic E-state index is 12.1. The molecule has 0 aliphatic rings. The molecule has 61 heavy (non-hydrogen) atoms. The number of Topliss-reactive ketones (excluding diaryl/α,β-unsaturated/α-hetero) is 2. The van der Waals surface area contributed by atoms with Crippen molar-refractivity contribution in [2.75, 3.05) is 13.1 Å². The van der Waals surface area contributed by atoms with E-state index in [2.05, 4.69) is 10.6 Å². The van der Waals surface area contributed by atoms with Crippen LogP contribution in [0.25, 0.3) is 0 Å². The van der Waals surface area contributed by atoms with Gasteiger partial charge in [0.25, 0.3) is 5.69 Å². The van der Waals surface area contributed by atoms with Gasteiger partial charge in [-0.2, -0.15) is 13.5 Å². The van der Waals surface area contributed by atoms with Crippen LogP contribution in [0.4, 0.5) is 15.3 Å². The summed E-state index contributed by atoms with van der Waals surface area (Å²) in [7, 11) is 0. The molecule has 15 heteroatoms. The van der Waals surface area contributed by atoms with E-state index in [-0.39, 0.29) is 44.2 Å². The molecule has 0 aliphatic carbocycles. The number of esters is 1. The van der Waals surface area contributed by atoms with Crippen LogP contribution in [0.1, 0.15) is 95.7 Å². The second kappa shape index (κ2) is 25.4. The second-order valence-electron chi connectivity index (χ2n) is 15.8. The molecular weight excluding hydrogens is 803 g/mol. The summed E-state index contributed by atoms with van der Waals surface area (Å²) in [6, 6.07) is 29.2. The average Bonchev–Trinajstić information content (AvgIpc) is 3.18. The molecule has 4 aromatic carbocycles. The van der Waals surface area contributed by atoms with E-state index in [0.717, 1.165) is 22.4 Å². The predicted octanol–water partition coefficient (Wildman–Crippen LogP) is 9.27. The molecule has 0 radical (unpaired) electrons. The molecule has 0 aliphatic heterocycles. The van der Waals surface area contributed by atoms with Gasteiger partial charge in [0.15, 0.2) is 0 Å². The maximum absolute atomic E-state index is 12.1. The van der Waals surface area contributed by atoms with E-state index in [1.165, 1.54) is 24.3 Å². The Bertz CT molecular complexity index is 2020. The monoisotopic (exact) mass is 863 g/mol. The Kier molecular flexibility index (Phi) is 21.2. The van der Waals surface area contributed by atoms with E-state index < -0.39 is 34.3 Å². The van der Waals surface area contributed by atoms with Gasteiger partial charge in [-0.1, -0.05) is 54.6 Å². The van der Waals surface area contributed by atoms with Crippen LogP contribution in [-0.4, -0.2) is 58.9 Å². The first-order valence-electron chi connectivity index (χ1n) is 19.6. The number of nitro benzene ring substituents is 1. The summed E-state index contributed by atoms with van der Waals surface area (Å²) in [5.41, 5.74) is 1.83. The third kappa shape index (κ3) is 22.1. The number of hydrogen-bond acceptors (Lipinski definition) is 11. The normalized spacial score (nSPS) is 10.7. The molecule has 330 valence electrons. The molecule has 0 aromatic heterocycles. The van der Waals surface area contributed by atoms with Crippen molar-refractivity contribution < 1.29 is 49.3 Å². The number of nitro groups is 1. The molecule has 0 heterocycles. The van der Waals surface area contributed by atoms with Crippen LogP contribution in [0, 0.1) is 10.1 Å². The zero-order chi connectivity index (χ0) is 44.1. The highest BCUT2D eigenvalue weighted by atomic mass is 32.1. The van der Waals surface area contributed by atoms with Crippen LogP contribution in [0.15, 0.2) is 103 Å². The SMILES string of the molecule is CC(C)(C)OC(=O)NCCCC(=O)Cc1ccc(OC(=O)c2ccc([N+](=O)[O-])cc2)cc1.CC(C)(C)OC(=O)NCCCC(=O)Cc1ccc(OCc2ccccc2)cc1.S.[3HH]. The molecule has 2 amide bonds. The fourth-order valence-corrected chi connectivity index (χ4v) is 5.22. The standard InChI is InChI=1S/C23H26N2O7.C23H29NO4.H2S.H2/c1-23(2,3)32-22(28)24-14-4-5-19(26)15-16-6-12-20(13-7-16)31-21(27)17-8-10-18(11-9-17)25(29)30;1-23(2,3)28-22(26)24-15-7-10-20(25)16-18-11-13-21(14-12-18)27-17-19-8-5-4-6-9-19;;/h6-13H,4-5,14-15H2,1-3H3,(H,24,28);4-6,8-9,11-14H,7,10,15-17H2,1-3H3,(H,24,26);1H2;1H/i;;;1+2. The number of alkyl carbamates (subject to hydrolysis) is 2. The highest BCUT2D eigenvalue weighted by Gasteiger charge is 2.17. The average molecular weight is 864 g/mol. The van der Waals surface area contributed by atoms with Gasteiger partial charge in [0, 0.05) is 52.3 Å². The number of amides is 2. The zero-order valence-corrected chi connectivity index (χ0v) is 36.6. The third-order valence-electron chi connectivity index (χ3n) is 8.02. The summed E-state index contributed by atoms with van der Waals surface area (Å²) < 4.78 is 21.3. The predicted molar refractivity (Wildman–Crippen MR) is 239 cm³/mol. The Hall–Kier alpha value is -6.22. The molecule has 4 aromatic rings. The highest BCUT2D eigenvalue weighted by Crippen LogP contribution is 2.18. The molecule has 0 saturated heterocycles. The van der Waals surface area contributed by atoms with Gasteiger partial charge in [-0.05, 0) is 107 Å². The van der Waals surface area contributed by atoms with E-state index >= 15 is 0 Å². The number of non-ortho nitro benzene ring substituents is 1. The molecule has 0 unspecified atom stereocenters. The van der Waals surface area contributed by atoms with Crippen molar-refractivity contribution >= 4 is 48.9 Å². The summed E-state index contributed by atoms with van der Waals surface area (Å²) in [6.07, 6.45) is 1.47. The van der Waals surface area contributed by atoms with Crippen LogP contribution in [-0.2, 0) is 38.5 Å². The van der Waals surface area contributed by atoms with E-state index in [1.807, 2.05) is 75.4 Å². The molecular formula is C46H59N3O11S. The lowest BCUT2D eigenvalue weighted by Crippen LogP contribution is -2.33. The van der Waals surface area contributed by atoms with Crippen LogP contribution in [0.3, 0.4) is 0 Å². The minimum Gasteiger partial charge on any atom is -0.489 e. The van der Waals surface area contributed by atoms with Crippen LogP contribution in [0.5, 0.6) is 11.5 Å². The molecule has 0 spiro atoms. The largest absolute Gasteiger partial charge is 0.489 e. The van der Waals surface area contributed by atoms with Gasteiger partial charge in [-0.3, -0.25) is 19.7 Å². The van der Waals surface area contributed by atoms with E-state index in [4.69, 9.17) is 18.9 Å². The molecule has 4 rings (SSSR count). The van der Waals surface area contributed by atoms with Gasteiger partial charge in [0.2, 0.25) is 0 Å². The number of nitrogens with zero attached hydrogens (tertiary/aromatic N) is 1. The smallest absolute Gasteiger partial charge is 0.407 e. The minimum absolute atomic E-state index is 0. The number of carbonyl (C=O) groups excluding carboxylic acids is 5. The molecule has 0 bridgehead atoms. The Balaban J connectivity index is 0.000000605. The molecule has 0 saturated carbocycles. The Morgan fingerprint density at radius 2 is 1.05 bits per heavy atom. The minimum atomic E-state index is -0.638. The number of hydrogen-bond donors (Lipinski definition) is 2. The number of ketones is 2. The second-order valence-corrected chi connectivity index (χ2v) is 15.8. The van der Waals surface area contributed by atoms with E-state index in [1.54, 1.807) is 45.0 Å². The zero-order valence-electron chi connectivity index (χ0n) is 35.6.